The molecule has 0 spiro atoms. The molecule has 0 unspecified atom stereocenters. The van der Waals surface area contributed by atoms with Gasteiger partial charge in [-0.1, -0.05) is 121 Å². The smallest absolute Gasteiger partial charge is 0.165 e. The number of hydrogen-bond donors (Lipinski definition) is 0. The topological polar surface area (TPSA) is 51.8 Å². The highest BCUT2D eigenvalue weighted by molar-refractivity contribution is 7.25. The summed E-state index contributed by atoms with van der Waals surface area (Å²) in [6, 6.07) is 46.8. The van der Waals surface area contributed by atoms with Crippen molar-refractivity contribution in [2.75, 3.05) is 0 Å². The zero-order valence-electron chi connectivity index (χ0n) is 27.0. The first-order chi connectivity index (χ1) is 24.8. The standard InChI is InChI=1S/C45H29N3OS/c1-3-13-28(14-4-1)43-46-44(29-15-5-2-6-16-29)48-45(47-43)42-31(30-25-26-33-32-17-7-9-22-37(32)49-38(33)27-30)19-11-20-35(42)34-21-12-24-40-41(34)36-18-8-10-23-39(36)50-40/h1-5,7-15,17-27H,6,16H2. The van der Waals surface area contributed by atoms with Gasteiger partial charge in [0.25, 0.3) is 0 Å². The average molecular weight is 660 g/mol. The molecule has 0 radical (unpaired) electrons. The lowest BCUT2D eigenvalue weighted by atomic mass is 9.89. The van der Waals surface area contributed by atoms with Gasteiger partial charge in [0.2, 0.25) is 0 Å². The van der Waals surface area contributed by atoms with E-state index in [9.17, 15) is 0 Å². The first-order valence-electron chi connectivity index (χ1n) is 16.9. The molecule has 3 aromatic heterocycles. The lowest BCUT2D eigenvalue weighted by molar-refractivity contribution is 0.669. The number of nitrogens with zero attached hydrogens (tertiary/aromatic N) is 3. The van der Waals surface area contributed by atoms with E-state index in [-0.39, 0.29) is 0 Å². The molecule has 4 nitrogen and oxygen atoms in total. The number of rotatable bonds is 5. The lowest BCUT2D eigenvalue weighted by Gasteiger charge is -2.18. The van der Waals surface area contributed by atoms with Crippen LogP contribution in [-0.4, -0.2) is 15.0 Å². The van der Waals surface area contributed by atoms with Gasteiger partial charge in [0.05, 0.1) is 0 Å². The molecule has 0 saturated carbocycles. The van der Waals surface area contributed by atoms with E-state index in [1.807, 2.05) is 41.7 Å². The minimum absolute atomic E-state index is 0.649. The van der Waals surface area contributed by atoms with Gasteiger partial charge in [0.1, 0.15) is 11.2 Å². The molecule has 0 aliphatic heterocycles. The van der Waals surface area contributed by atoms with Crippen molar-refractivity contribution in [3.05, 3.63) is 158 Å². The number of furan rings is 1. The first kappa shape index (κ1) is 28.8. The first-order valence-corrected chi connectivity index (χ1v) is 17.7. The Morgan fingerprint density at radius 1 is 0.520 bits per heavy atom. The summed E-state index contributed by atoms with van der Waals surface area (Å²) in [6.07, 6.45) is 8.27. The molecule has 0 amide bonds. The zero-order chi connectivity index (χ0) is 33.0. The molecule has 0 N–H and O–H groups in total. The number of allylic oxidation sites excluding steroid dienone is 4. The summed E-state index contributed by atoms with van der Waals surface area (Å²) in [7, 11) is 0. The Morgan fingerprint density at radius 3 is 2.14 bits per heavy atom. The van der Waals surface area contributed by atoms with Crippen LogP contribution in [0.3, 0.4) is 0 Å². The van der Waals surface area contributed by atoms with Crippen molar-refractivity contribution >= 4 is 59.0 Å². The second-order valence-corrected chi connectivity index (χ2v) is 13.7. The van der Waals surface area contributed by atoms with Crippen LogP contribution in [0.2, 0.25) is 0 Å². The highest BCUT2D eigenvalue weighted by atomic mass is 32.1. The summed E-state index contributed by atoms with van der Waals surface area (Å²) in [4.78, 5) is 15.7. The van der Waals surface area contributed by atoms with Crippen LogP contribution in [0, 0.1) is 0 Å². The molecule has 10 rings (SSSR count). The quantitative estimate of drug-likeness (QED) is 0.184. The van der Waals surface area contributed by atoms with Gasteiger partial charge >= 0.3 is 0 Å². The minimum atomic E-state index is 0.649. The Balaban J connectivity index is 1.29. The molecule has 0 bridgehead atoms. The van der Waals surface area contributed by atoms with E-state index >= 15 is 0 Å². The summed E-state index contributed by atoms with van der Waals surface area (Å²) < 4.78 is 8.92. The van der Waals surface area contributed by atoms with Crippen molar-refractivity contribution in [3.8, 4) is 45.0 Å². The Labute approximate surface area is 292 Å². The molecule has 1 aliphatic rings. The number of fused-ring (bicyclic) bond motifs is 6. The van der Waals surface area contributed by atoms with E-state index in [1.165, 1.54) is 20.2 Å². The van der Waals surface area contributed by atoms with Crippen LogP contribution in [0.25, 0.3) is 92.7 Å². The van der Waals surface area contributed by atoms with Crippen molar-refractivity contribution < 1.29 is 4.42 Å². The fourth-order valence-electron chi connectivity index (χ4n) is 7.29. The van der Waals surface area contributed by atoms with Gasteiger partial charge in [0.15, 0.2) is 17.5 Å². The van der Waals surface area contributed by atoms with Crippen molar-refractivity contribution in [1.82, 2.24) is 15.0 Å². The second kappa shape index (κ2) is 11.8. The predicted molar refractivity (Wildman–Crippen MR) is 208 cm³/mol. The molecule has 3 heterocycles. The molecule has 0 saturated heterocycles. The van der Waals surface area contributed by atoms with Gasteiger partial charge in [-0.25, -0.2) is 15.0 Å². The van der Waals surface area contributed by atoms with E-state index in [4.69, 9.17) is 19.4 Å². The van der Waals surface area contributed by atoms with Gasteiger partial charge in [-0.2, -0.15) is 0 Å². The van der Waals surface area contributed by atoms with Gasteiger partial charge in [-0.05, 0) is 71.0 Å². The third-order valence-electron chi connectivity index (χ3n) is 9.64. The second-order valence-electron chi connectivity index (χ2n) is 12.6. The molecule has 236 valence electrons. The van der Waals surface area contributed by atoms with Crippen LogP contribution >= 0.6 is 11.3 Å². The van der Waals surface area contributed by atoms with Crippen LogP contribution in [0.4, 0.5) is 0 Å². The summed E-state index contributed by atoms with van der Waals surface area (Å²) in [5, 5.41) is 4.71. The van der Waals surface area contributed by atoms with Crippen LogP contribution in [0.5, 0.6) is 0 Å². The molecule has 6 aromatic carbocycles. The number of aromatic nitrogens is 3. The van der Waals surface area contributed by atoms with Crippen molar-refractivity contribution in [2.24, 2.45) is 0 Å². The Hall–Kier alpha value is -6.17. The number of hydrogen-bond acceptors (Lipinski definition) is 5. The van der Waals surface area contributed by atoms with Gasteiger partial charge in [0, 0.05) is 42.1 Å². The van der Waals surface area contributed by atoms with E-state index in [0.29, 0.717) is 17.5 Å². The Kier molecular flexibility index (Phi) is 6.78. The Bertz CT molecular complexity index is 2820. The molecular weight excluding hydrogens is 631 g/mol. The normalized spacial score (nSPS) is 13.1. The lowest BCUT2D eigenvalue weighted by Crippen LogP contribution is -2.05. The van der Waals surface area contributed by atoms with Crippen LogP contribution < -0.4 is 0 Å². The highest BCUT2D eigenvalue weighted by Crippen LogP contribution is 2.46. The highest BCUT2D eigenvalue weighted by Gasteiger charge is 2.23. The third kappa shape index (κ3) is 4.78. The Morgan fingerprint density at radius 2 is 1.24 bits per heavy atom. The van der Waals surface area contributed by atoms with E-state index in [1.54, 1.807) is 0 Å². The van der Waals surface area contributed by atoms with Crippen LogP contribution in [0.1, 0.15) is 18.7 Å². The maximum Gasteiger partial charge on any atom is 0.165 e. The monoisotopic (exact) mass is 659 g/mol. The number of thiophene rings is 1. The summed E-state index contributed by atoms with van der Waals surface area (Å²) in [6.45, 7) is 0. The molecule has 0 fully saturated rings. The molecule has 5 heteroatoms. The summed E-state index contributed by atoms with van der Waals surface area (Å²) in [5.74, 6) is 2.02. The van der Waals surface area contributed by atoms with Crippen molar-refractivity contribution in [1.29, 1.82) is 0 Å². The number of benzene rings is 6. The van der Waals surface area contributed by atoms with Crippen molar-refractivity contribution in [2.45, 2.75) is 12.8 Å². The predicted octanol–water partition coefficient (Wildman–Crippen LogP) is 12.5. The van der Waals surface area contributed by atoms with Gasteiger partial charge < -0.3 is 4.42 Å². The minimum Gasteiger partial charge on any atom is -0.456 e. The SMILES string of the molecule is C1=CCCC(c2nc(-c3ccccc3)nc(-c3c(-c4ccc5c(c4)oc4ccccc45)cccc3-c3cccc4sc5ccccc5c34)n2)=C1. The number of para-hydroxylation sites is 1. The molecule has 0 atom stereocenters. The molecule has 50 heavy (non-hydrogen) atoms. The largest absolute Gasteiger partial charge is 0.456 e. The van der Waals surface area contributed by atoms with E-state index < -0.39 is 0 Å². The van der Waals surface area contributed by atoms with Gasteiger partial charge in [-0.3, -0.25) is 0 Å². The van der Waals surface area contributed by atoms with Gasteiger partial charge in [-0.15, -0.1) is 11.3 Å². The molecule has 1 aliphatic carbocycles. The summed E-state index contributed by atoms with van der Waals surface area (Å²) >= 11 is 1.83. The van der Waals surface area contributed by atoms with E-state index in [0.717, 1.165) is 73.7 Å². The van der Waals surface area contributed by atoms with Crippen LogP contribution in [-0.2, 0) is 0 Å². The van der Waals surface area contributed by atoms with Crippen LogP contribution in [0.15, 0.2) is 156 Å². The maximum atomic E-state index is 6.39. The van der Waals surface area contributed by atoms with Crippen molar-refractivity contribution in [3.63, 3.8) is 0 Å². The van der Waals surface area contributed by atoms with E-state index in [2.05, 4.69) is 121 Å². The molecule has 9 aromatic rings. The zero-order valence-corrected chi connectivity index (χ0v) is 27.8. The fraction of sp³-hybridized carbons (Fsp3) is 0.0444. The summed E-state index contributed by atoms with van der Waals surface area (Å²) in [5.41, 5.74) is 9.09. The maximum absolute atomic E-state index is 6.39. The average Bonchev–Trinajstić information content (AvgIpc) is 3.76. The fourth-order valence-corrected chi connectivity index (χ4v) is 8.42. The molecular formula is C45H29N3OS. The third-order valence-corrected chi connectivity index (χ3v) is 10.8.